The van der Waals surface area contributed by atoms with Crippen LogP contribution in [0.25, 0.3) is 11.5 Å². The van der Waals surface area contributed by atoms with Crippen LogP contribution in [0.2, 0.25) is 0 Å². The fourth-order valence-electron chi connectivity index (χ4n) is 2.54. The van der Waals surface area contributed by atoms with Gasteiger partial charge in [-0.15, -0.1) is 0 Å². The molecule has 0 saturated carbocycles. The number of ether oxygens (including phenoxy) is 1. The summed E-state index contributed by atoms with van der Waals surface area (Å²) in [4.78, 5) is 16.6. The molecule has 0 atom stereocenters. The van der Waals surface area contributed by atoms with Gasteiger partial charge in [0.25, 0.3) is 5.91 Å². The fourth-order valence-corrected chi connectivity index (χ4v) is 2.54. The lowest BCUT2D eigenvalue weighted by Crippen LogP contribution is -2.25. The van der Waals surface area contributed by atoms with Crippen molar-refractivity contribution in [3.63, 3.8) is 0 Å². The summed E-state index contributed by atoms with van der Waals surface area (Å²) in [5.41, 5.74) is 6.09. The molecule has 0 fully saturated rings. The van der Waals surface area contributed by atoms with E-state index in [1.165, 1.54) is 25.3 Å². The topological polar surface area (TPSA) is 111 Å². The van der Waals surface area contributed by atoms with E-state index in [0.29, 0.717) is 5.56 Å². The number of hydrogen-bond acceptors (Lipinski definition) is 6. The number of rotatable bonds is 6. The van der Waals surface area contributed by atoms with Crippen molar-refractivity contribution < 1.29 is 27.8 Å². The van der Waals surface area contributed by atoms with Crippen LogP contribution in [0, 0.1) is 11.6 Å². The van der Waals surface area contributed by atoms with Gasteiger partial charge < -0.3 is 25.3 Å². The molecule has 1 heterocycles. The summed E-state index contributed by atoms with van der Waals surface area (Å²) in [5, 5.41) is 12.4. The van der Waals surface area contributed by atoms with Gasteiger partial charge in [-0.3, -0.25) is 4.79 Å². The molecule has 2 aromatic carbocycles. The summed E-state index contributed by atoms with van der Waals surface area (Å²) < 4.78 is 37.1. The summed E-state index contributed by atoms with van der Waals surface area (Å²) in [6, 6.07) is 7.56. The Labute approximate surface area is 158 Å². The normalized spacial score (nSPS) is 10.7. The Morgan fingerprint density at radius 1 is 1.29 bits per heavy atom. The molecule has 0 radical (unpaired) electrons. The van der Waals surface area contributed by atoms with Crippen LogP contribution in [0.15, 0.2) is 40.8 Å². The summed E-state index contributed by atoms with van der Waals surface area (Å²) in [6.07, 6.45) is 0. The van der Waals surface area contributed by atoms with Gasteiger partial charge in [0, 0.05) is 23.7 Å². The Morgan fingerprint density at radius 3 is 2.71 bits per heavy atom. The highest BCUT2D eigenvalue weighted by atomic mass is 19.1. The molecule has 7 nitrogen and oxygen atoms in total. The van der Waals surface area contributed by atoms with Gasteiger partial charge in [0.2, 0.25) is 5.89 Å². The SMILES string of the molecule is COc1ccc(-c2nc(C(=O)NCc3ccc(F)cc3F)c(CN)o2)cc1O. The monoisotopic (exact) mass is 389 g/mol. The maximum Gasteiger partial charge on any atom is 0.273 e. The van der Waals surface area contributed by atoms with Crippen molar-refractivity contribution in [1.29, 1.82) is 0 Å². The second-order valence-corrected chi connectivity index (χ2v) is 5.80. The molecule has 0 bridgehead atoms. The van der Waals surface area contributed by atoms with Crippen molar-refractivity contribution in [3.8, 4) is 23.0 Å². The van der Waals surface area contributed by atoms with Crippen molar-refractivity contribution in [2.75, 3.05) is 7.11 Å². The average molecular weight is 389 g/mol. The zero-order valence-electron chi connectivity index (χ0n) is 14.8. The number of aromatic hydroxyl groups is 1. The van der Waals surface area contributed by atoms with Gasteiger partial charge in [-0.25, -0.2) is 13.8 Å². The average Bonchev–Trinajstić information content (AvgIpc) is 3.11. The standard InChI is InChI=1S/C19H17F2N3O4/c1-27-15-5-3-10(6-14(15)25)19-24-17(16(8-22)28-19)18(26)23-9-11-2-4-12(20)7-13(11)21/h2-7,25H,8-9,22H2,1H3,(H,23,26). The third-order valence-corrected chi connectivity index (χ3v) is 3.98. The van der Waals surface area contributed by atoms with Gasteiger partial charge in [0.1, 0.15) is 11.6 Å². The summed E-state index contributed by atoms with van der Waals surface area (Å²) in [5.74, 6) is -1.74. The molecule has 0 unspecified atom stereocenters. The molecule has 4 N–H and O–H groups in total. The second-order valence-electron chi connectivity index (χ2n) is 5.80. The molecule has 0 aliphatic carbocycles. The Bertz CT molecular complexity index is 1020. The smallest absolute Gasteiger partial charge is 0.273 e. The number of nitrogens with zero attached hydrogens (tertiary/aromatic N) is 1. The van der Waals surface area contributed by atoms with Crippen LogP contribution in [0.3, 0.4) is 0 Å². The van der Waals surface area contributed by atoms with Crippen LogP contribution in [-0.2, 0) is 13.1 Å². The van der Waals surface area contributed by atoms with Crippen molar-refractivity contribution >= 4 is 5.91 Å². The number of carbonyl (C=O) groups is 1. The first-order chi connectivity index (χ1) is 13.4. The molecule has 0 saturated heterocycles. The Kier molecular flexibility index (Phi) is 5.55. The van der Waals surface area contributed by atoms with E-state index in [1.54, 1.807) is 6.07 Å². The number of phenols is 1. The van der Waals surface area contributed by atoms with Gasteiger partial charge in [-0.2, -0.15) is 0 Å². The molecule has 3 rings (SSSR count). The largest absolute Gasteiger partial charge is 0.504 e. The van der Waals surface area contributed by atoms with Crippen LogP contribution >= 0.6 is 0 Å². The van der Waals surface area contributed by atoms with Gasteiger partial charge in [-0.1, -0.05) is 6.07 Å². The first kappa shape index (κ1) is 19.3. The number of hydrogen-bond donors (Lipinski definition) is 3. The predicted octanol–water partition coefficient (Wildman–Crippen LogP) is 2.72. The number of aromatic nitrogens is 1. The lowest BCUT2D eigenvalue weighted by molar-refractivity contribution is 0.0944. The number of phenolic OH excluding ortho intramolecular Hbond substituents is 1. The van der Waals surface area contributed by atoms with E-state index in [2.05, 4.69) is 10.3 Å². The van der Waals surface area contributed by atoms with E-state index >= 15 is 0 Å². The van der Waals surface area contributed by atoms with E-state index in [-0.39, 0.29) is 47.5 Å². The fraction of sp³-hybridized carbons (Fsp3) is 0.158. The van der Waals surface area contributed by atoms with Crippen LogP contribution in [-0.4, -0.2) is 23.1 Å². The molecule has 3 aromatic rings. The molecule has 146 valence electrons. The minimum atomic E-state index is -0.770. The first-order valence-electron chi connectivity index (χ1n) is 8.22. The highest BCUT2D eigenvalue weighted by Crippen LogP contribution is 2.31. The Morgan fingerprint density at radius 2 is 2.07 bits per heavy atom. The quantitative estimate of drug-likeness (QED) is 0.598. The van der Waals surface area contributed by atoms with E-state index in [1.807, 2.05) is 0 Å². The summed E-state index contributed by atoms with van der Waals surface area (Å²) in [6.45, 7) is -0.261. The number of halogens is 2. The minimum absolute atomic E-state index is 0.0599. The minimum Gasteiger partial charge on any atom is -0.504 e. The van der Waals surface area contributed by atoms with Crippen molar-refractivity contribution in [2.45, 2.75) is 13.1 Å². The van der Waals surface area contributed by atoms with Gasteiger partial charge in [0.15, 0.2) is 23.0 Å². The molecule has 0 aliphatic heterocycles. The zero-order valence-corrected chi connectivity index (χ0v) is 14.8. The number of nitrogens with one attached hydrogen (secondary N) is 1. The summed E-state index contributed by atoms with van der Waals surface area (Å²) in [7, 11) is 1.42. The van der Waals surface area contributed by atoms with Crippen molar-refractivity contribution in [2.24, 2.45) is 5.73 Å². The Hall–Kier alpha value is -3.46. The number of benzene rings is 2. The van der Waals surface area contributed by atoms with E-state index in [0.717, 1.165) is 12.1 Å². The molecule has 9 heteroatoms. The lowest BCUT2D eigenvalue weighted by Gasteiger charge is -2.05. The van der Waals surface area contributed by atoms with Crippen LogP contribution in [0.1, 0.15) is 21.8 Å². The van der Waals surface area contributed by atoms with Crippen molar-refractivity contribution in [1.82, 2.24) is 10.3 Å². The van der Waals surface area contributed by atoms with Crippen molar-refractivity contribution in [3.05, 3.63) is 65.1 Å². The van der Waals surface area contributed by atoms with E-state index in [9.17, 15) is 18.7 Å². The highest BCUT2D eigenvalue weighted by molar-refractivity contribution is 5.93. The van der Waals surface area contributed by atoms with Crippen LogP contribution in [0.5, 0.6) is 11.5 Å². The molecular formula is C19H17F2N3O4. The van der Waals surface area contributed by atoms with Gasteiger partial charge in [0.05, 0.1) is 13.7 Å². The Balaban J connectivity index is 1.81. The van der Waals surface area contributed by atoms with Gasteiger partial charge in [-0.05, 0) is 24.3 Å². The maximum absolute atomic E-state index is 13.7. The highest BCUT2D eigenvalue weighted by Gasteiger charge is 2.21. The maximum atomic E-state index is 13.7. The molecular weight excluding hydrogens is 372 g/mol. The molecule has 0 spiro atoms. The third-order valence-electron chi connectivity index (χ3n) is 3.98. The van der Waals surface area contributed by atoms with E-state index < -0.39 is 17.5 Å². The molecule has 1 aromatic heterocycles. The van der Waals surface area contributed by atoms with E-state index in [4.69, 9.17) is 14.9 Å². The lowest BCUT2D eigenvalue weighted by atomic mass is 10.2. The molecule has 1 amide bonds. The molecule has 0 aliphatic rings. The van der Waals surface area contributed by atoms with Crippen LogP contribution < -0.4 is 15.8 Å². The first-order valence-corrected chi connectivity index (χ1v) is 8.22. The zero-order chi connectivity index (χ0) is 20.3. The third kappa shape index (κ3) is 3.94. The number of methoxy groups -OCH3 is 1. The second kappa shape index (κ2) is 8.05. The van der Waals surface area contributed by atoms with Crippen LogP contribution in [0.4, 0.5) is 8.78 Å². The number of nitrogens with two attached hydrogens (primary N) is 1. The predicted molar refractivity (Wildman–Crippen MR) is 95.6 cm³/mol. The number of carbonyl (C=O) groups excluding carboxylic acids is 1. The summed E-state index contributed by atoms with van der Waals surface area (Å²) >= 11 is 0. The number of oxazole rings is 1. The number of amides is 1. The van der Waals surface area contributed by atoms with Gasteiger partial charge >= 0.3 is 0 Å². The molecule has 28 heavy (non-hydrogen) atoms.